The lowest BCUT2D eigenvalue weighted by atomic mass is 10.1. The number of Topliss-reactive ketones (excluding diaryl/α,β-unsaturated/α-hetero) is 1. The van der Waals surface area contributed by atoms with E-state index in [1.54, 1.807) is 19.1 Å². The molecule has 0 unspecified atom stereocenters. The molecule has 128 valence electrons. The van der Waals surface area contributed by atoms with E-state index in [1.165, 1.54) is 11.8 Å². The third-order valence-electron chi connectivity index (χ3n) is 3.88. The molecule has 0 fully saturated rings. The fourth-order valence-corrected chi connectivity index (χ4v) is 3.23. The summed E-state index contributed by atoms with van der Waals surface area (Å²) in [4.78, 5) is 25.2. The van der Waals surface area contributed by atoms with Crippen molar-refractivity contribution in [1.82, 2.24) is 4.57 Å². The highest BCUT2D eigenvalue weighted by Crippen LogP contribution is 2.25. The summed E-state index contributed by atoms with van der Waals surface area (Å²) in [6, 6.07) is 9.05. The number of rotatable bonds is 6. The Kier molecular flexibility index (Phi) is 6.13. The molecule has 2 aromatic rings. The van der Waals surface area contributed by atoms with Gasteiger partial charge < -0.3 is 9.30 Å². The van der Waals surface area contributed by atoms with Crippen LogP contribution in [0.1, 0.15) is 28.7 Å². The van der Waals surface area contributed by atoms with Crippen LogP contribution >= 0.6 is 23.4 Å². The van der Waals surface area contributed by atoms with Crippen LogP contribution in [-0.4, -0.2) is 28.2 Å². The number of aryl methyl sites for hydroxylation is 1. The summed E-state index contributed by atoms with van der Waals surface area (Å²) in [6.45, 7) is 5.32. The number of halogens is 1. The third-order valence-corrected chi connectivity index (χ3v) is 5.22. The molecular weight excluding hydrogens is 346 g/mol. The lowest BCUT2D eigenvalue weighted by Gasteiger charge is -2.11. The van der Waals surface area contributed by atoms with Crippen molar-refractivity contribution < 1.29 is 14.3 Å². The molecule has 0 aliphatic carbocycles. The number of aromatic nitrogens is 1. The highest BCUT2D eigenvalue weighted by atomic mass is 35.5. The number of hydrogen-bond acceptors (Lipinski definition) is 4. The van der Waals surface area contributed by atoms with Crippen LogP contribution in [0.4, 0.5) is 0 Å². The van der Waals surface area contributed by atoms with Gasteiger partial charge in [-0.05, 0) is 51.1 Å². The molecule has 0 amide bonds. The molecule has 1 atom stereocenters. The topological polar surface area (TPSA) is 48.3 Å². The highest BCUT2D eigenvalue weighted by molar-refractivity contribution is 8.00. The second-order valence-corrected chi connectivity index (χ2v) is 7.44. The molecule has 4 nitrogen and oxygen atoms in total. The number of thioether (sulfide) groups is 1. The monoisotopic (exact) mass is 365 g/mol. The van der Waals surface area contributed by atoms with Crippen molar-refractivity contribution in [2.75, 3.05) is 6.61 Å². The van der Waals surface area contributed by atoms with E-state index in [4.69, 9.17) is 16.3 Å². The number of hydrogen-bond donors (Lipinski definition) is 0. The third kappa shape index (κ3) is 4.42. The Morgan fingerprint density at radius 3 is 2.42 bits per heavy atom. The number of ketones is 1. The zero-order valence-electron chi connectivity index (χ0n) is 14.1. The van der Waals surface area contributed by atoms with E-state index in [-0.39, 0.29) is 12.4 Å². The predicted molar refractivity (Wildman–Crippen MR) is 96.9 cm³/mol. The molecule has 1 aromatic carbocycles. The minimum Gasteiger partial charge on any atom is -0.456 e. The Hall–Kier alpha value is -1.72. The molecule has 6 heteroatoms. The normalized spacial score (nSPS) is 12.0. The molecule has 24 heavy (non-hydrogen) atoms. The highest BCUT2D eigenvalue weighted by Gasteiger charge is 2.20. The van der Waals surface area contributed by atoms with Gasteiger partial charge in [0.15, 0.2) is 6.61 Å². The zero-order valence-corrected chi connectivity index (χ0v) is 15.7. The Bertz CT molecular complexity index is 752. The second kappa shape index (κ2) is 7.90. The standard InChI is InChI=1S/C18H20ClNO3S/c1-11-9-16(12(2)20(11)4)17(21)10-23-18(22)13(3)24-15-7-5-14(19)6-8-15/h5-9,13H,10H2,1-4H3/t13-/m1/s1. The van der Waals surface area contributed by atoms with Crippen molar-refractivity contribution >= 4 is 35.1 Å². The first kappa shape index (κ1) is 18.6. The van der Waals surface area contributed by atoms with Gasteiger partial charge in [0, 0.05) is 33.9 Å². The minimum atomic E-state index is -0.409. The van der Waals surface area contributed by atoms with E-state index in [0.29, 0.717) is 10.6 Å². The Balaban J connectivity index is 1.90. The number of esters is 1. The molecule has 0 saturated carbocycles. The van der Waals surface area contributed by atoms with Crippen LogP contribution in [-0.2, 0) is 16.6 Å². The van der Waals surface area contributed by atoms with E-state index in [2.05, 4.69) is 0 Å². The Morgan fingerprint density at radius 1 is 1.25 bits per heavy atom. The number of nitrogens with zero attached hydrogens (tertiary/aromatic N) is 1. The van der Waals surface area contributed by atoms with Gasteiger partial charge in [-0.15, -0.1) is 11.8 Å². The number of ether oxygens (including phenoxy) is 1. The van der Waals surface area contributed by atoms with Crippen molar-refractivity contribution in [3.8, 4) is 0 Å². The van der Waals surface area contributed by atoms with Crippen molar-refractivity contribution in [2.24, 2.45) is 7.05 Å². The molecule has 0 aliphatic heterocycles. The van der Waals surface area contributed by atoms with E-state index in [1.807, 2.05) is 43.7 Å². The molecule has 1 aromatic heterocycles. The number of carbonyl (C=O) groups excluding carboxylic acids is 2. The maximum Gasteiger partial charge on any atom is 0.319 e. The molecule has 0 radical (unpaired) electrons. The zero-order chi connectivity index (χ0) is 17.9. The maximum absolute atomic E-state index is 12.2. The fraction of sp³-hybridized carbons (Fsp3) is 0.333. The van der Waals surface area contributed by atoms with Gasteiger partial charge in [-0.2, -0.15) is 0 Å². The van der Waals surface area contributed by atoms with Crippen molar-refractivity contribution in [3.05, 3.63) is 52.3 Å². The van der Waals surface area contributed by atoms with Gasteiger partial charge in [0.25, 0.3) is 0 Å². The number of benzene rings is 1. The number of carbonyl (C=O) groups is 2. The first-order valence-electron chi connectivity index (χ1n) is 7.54. The molecular formula is C18H20ClNO3S. The van der Waals surface area contributed by atoms with Gasteiger partial charge in [0.2, 0.25) is 5.78 Å². The minimum absolute atomic E-state index is 0.187. The van der Waals surface area contributed by atoms with Gasteiger partial charge in [-0.3, -0.25) is 9.59 Å². The summed E-state index contributed by atoms with van der Waals surface area (Å²) in [5.41, 5.74) is 2.46. The largest absolute Gasteiger partial charge is 0.456 e. The Labute approximate surface area is 151 Å². The molecule has 0 saturated heterocycles. The molecule has 0 N–H and O–H groups in total. The summed E-state index contributed by atoms with van der Waals surface area (Å²) >= 11 is 7.21. The van der Waals surface area contributed by atoms with E-state index in [0.717, 1.165) is 16.3 Å². The van der Waals surface area contributed by atoms with Crippen LogP contribution in [0, 0.1) is 13.8 Å². The molecule has 1 heterocycles. The van der Waals surface area contributed by atoms with Gasteiger partial charge >= 0.3 is 5.97 Å². The van der Waals surface area contributed by atoms with E-state index >= 15 is 0 Å². The SMILES string of the molecule is Cc1cc(C(=O)COC(=O)[C@@H](C)Sc2ccc(Cl)cc2)c(C)n1C. The van der Waals surface area contributed by atoms with Crippen LogP contribution in [0.3, 0.4) is 0 Å². The van der Waals surface area contributed by atoms with Crippen LogP contribution in [0.5, 0.6) is 0 Å². The molecule has 0 spiro atoms. The van der Waals surface area contributed by atoms with E-state index in [9.17, 15) is 9.59 Å². The fourth-order valence-electron chi connectivity index (χ4n) is 2.23. The summed E-state index contributed by atoms with van der Waals surface area (Å²) in [7, 11) is 1.90. The van der Waals surface area contributed by atoms with Crippen molar-refractivity contribution in [1.29, 1.82) is 0 Å². The lowest BCUT2D eigenvalue weighted by Crippen LogP contribution is -2.21. The van der Waals surface area contributed by atoms with Crippen molar-refractivity contribution in [2.45, 2.75) is 30.9 Å². The average Bonchev–Trinajstić information content (AvgIpc) is 2.82. The van der Waals surface area contributed by atoms with Crippen molar-refractivity contribution in [3.63, 3.8) is 0 Å². The summed E-state index contributed by atoms with van der Waals surface area (Å²) < 4.78 is 7.11. The van der Waals surface area contributed by atoms with E-state index < -0.39 is 11.2 Å². The average molecular weight is 366 g/mol. The van der Waals surface area contributed by atoms with Gasteiger partial charge in [0.1, 0.15) is 5.25 Å². The smallest absolute Gasteiger partial charge is 0.319 e. The first-order valence-corrected chi connectivity index (χ1v) is 8.80. The first-order chi connectivity index (χ1) is 11.3. The second-order valence-electron chi connectivity index (χ2n) is 5.59. The quantitative estimate of drug-likeness (QED) is 0.437. The maximum atomic E-state index is 12.2. The predicted octanol–water partition coefficient (Wildman–Crippen LogP) is 4.20. The summed E-state index contributed by atoms with van der Waals surface area (Å²) in [5.74, 6) is -0.596. The van der Waals surface area contributed by atoms with Crippen LogP contribution in [0.2, 0.25) is 5.02 Å². The Morgan fingerprint density at radius 2 is 1.88 bits per heavy atom. The summed E-state index contributed by atoms with van der Waals surface area (Å²) in [5, 5.41) is 0.242. The lowest BCUT2D eigenvalue weighted by molar-refractivity contribution is -0.141. The van der Waals surface area contributed by atoms with Crippen LogP contribution in [0.25, 0.3) is 0 Å². The molecule has 0 bridgehead atoms. The molecule has 0 aliphatic rings. The van der Waals surface area contributed by atoms with Gasteiger partial charge in [0.05, 0.1) is 0 Å². The summed E-state index contributed by atoms with van der Waals surface area (Å²) in [6.07, 6.45) is 0. The van der Waals surface area contributed by atoms with Gasteiger partial charge in [-0.25, -0.2) is 0 Å². The van der Waals surface area contributed by atoms with Gasteiger partial charge in [-0.1, -0.05) is 11.6 Å². The molecule has 2 rings (SSSR count). The van der Waals surface area contributed by atoms with Crippen LogP contribution < -0.4 is 0 Å². The van der Waals surface area contributed by atoms with Crippen LogP contribution in [0.15, 0.2) is 35.2 Å².